The number of nitrogens with zero attached hydrogens (tertiary/aromatic N) is 1. The summed E-state index contributed by atoms with van der Waals surface area (Å²) in [6, 6.07) is 19.6. The Bertz CT molecular complexity index is 1190. The van der Waals surface area contributed by atoms with Crippen LogP contribution < -0.4 is 10.1 Å². The maximum Gasteiger partial charge on any atom is 0.255 e. The van der Waals surface area contributed by atoms with Crippen molar-refractivity contribution in [1.29, 1.82) is 0 Å². The third-order valence-corrected chi connectivity index (χ3v) is 7.02. The number of aryl methyl sites for hydroxylation is 2. The average Bonchev–Trinajstić information content (AvgIpc) is 2.76. The molecule has 0 atom stereocenters. The van der Waals surface area contributed by atoms with E-state index in [0.29, 0.717) is 5.69 Å². The predicted molar refractivity (Wildman–Crippen MR) is 127 cm³/mol. The van der Waals surface area contributed by atoms with E-state index in [1.54, 1.807) is 13.0 Å². The lowest BCUT2D eigenvalue weighted by Gasteiger charge is -2.22. The van der Waals surface area contributed by atoms with Crippen LogP contribution in [0.1, 0.15) is 34.0 Å². The first kappa shape index (κ1) is 23.5. The normalized spacial score (nSPS) is 11.4. The lowest BCUT2D eigenvalue weighted by atomic mass is 10.1. The van der Waals surface area contributed by atoms with Crippen LogP contribution in [0.25, 0.3) is 0 Å². The van der Waals surface area contributed by atoms with Crippen LogP contribution in [0.2, 0.25) is 0 Å². The molecular formula is C25H28N2O4S. The molecule has 0 saturated heterocycles. The third kappa shape index (κ3) is 5.36. The lowest BCUT2D eigenvalue weighted by molar-refractivity contribution is 0.102. The SMILES string of the molecule is CCN(Cc1ccccc1)S(=O)(=O)c1cc(C(=O)Nc2cc(C)cc(C)c2)ccc1OC. The molecule has 0 heterocycles. The number of methoxy groups -OCH3 is 1. The van der Waals surface area contributed by atoms with Gasteiger partial charge in [0.25, 0.3) is 5.91 Å². The van der Waals surface area contributed by atoms with Gasteiger partial charge in [0.1, 0.15) is 10.6 Å². The number of hydrogen-bond acceptors (Lipinski definition) is 4. The molecular weight excluding hydrogens is 424 g/mol. The van der Waals surface area contributed by atoms with E-state index in [4.69, 9.17) is 4.74 Å². The number of benzene rings is 3. The number of amides is 1. The van der Waals surface area contributed by atoms with Crippen LogP contribution in [0.15, 0.2) is 71.6 Å². The fourth-order valence-corrected chi connectivity index (χ4v) is 5.18. The highest BCUT2D eigenvalue weighted by atomic mass is 32.2. The quantitative estimate of drug-likeness (QED) is 0.534. The second-order valence-electron chi connectivity index (χ2n) is 7.61. The number of ether oxygens (including phenoxy) is 1. The molecule has 3 aromatic carbocycles. The number of carbonyl (C=O) groups excluding carboxylic acids is 1. The smallest absolute Gasteiger partial charge is 0.255 e. The summed E-state index contributed by atoms with van der Waals surface area (Å²) in [5.74, 6) is -0.195. The molecule has 0 aliphatic heterocycles. The van der Waals surface area contributed by atoms with E-state index in [1.165, 1.54) is 23.5 Å². The lowest BCUT2D eigenvalue weighted by Crippen LogP contribution is -2.31. The van der Waals surface area contributed by atoms with Gasteiger partial charge in [0, 0.05) is 24.3 Å². The maximum absolute atomic E-state index is 13.5. The first-order valence-corrected chi connectivity index (χ1v) is 11.8. The Morgan fingerprint density at radius 1 is 0.969 bits per heavy atom. The summed E-state index contributed by atoms with van der Waals surface area (Å²) >= 11 is 0. The summed E-state index contributed by atoms with van der Waals surface area (Å²) in [5, 5.41) is 2.85. The Balaban J connectivity index is 1.94. The standard InChI is InChI=1S/C25H28N2O4S/c1-5-27(17-20-9-7-6-8-10-20)32(29,30)24-16-21(11-12-23(24)31-4)25(28)26-22-14-18(2)13-19(3)15-22/h6-16H,5,17H2,1-4H3,(H,26,28). The fourth-order valence-electron chi connectivity index (χ4n) is 3.56. The summed E-state index contributed by atoms with van der Waals surface area (Å²) in [4.78, 5) is 12.8. The van der Waals surface area contributed by atoms with E-state index in [2.05, 4.69) is 5.32 Å². The topological polar surface area (TPSA) is 75.7 Å². The van der Waals surface area contributed by atoms with Gasteiger partial charge in [-0.25, -0.2) is 8.42 Å². The molecule has 0 bridgehead atoms. The summed E-state index contributed by atoms with van der Waals surface area (Å²) in [5.41, 5.74) is 3.82. The highest BCUT2D eigenvalue weighted by Crippen LogP contribution is 2.29. The predicted octanol–water partition coefficient (Wildman–Crippen LogP) is 4.78. The molecule has 0 radical (unpaired) electrons. The van der Waals surface area contributed by atoms with Crippen molar-refractivity contribution >= 4 is 21.6 Å². The highest BCUT2D eigenvalue weighted by Gasteiger charge is 2.28. The minimum Gasteiger partial charge on any atom is -0.495 e. The number of rotatable bonds is 8. The molecule has 0 aliphatic rings. The minimum atomic E-state index is -3.91. The zero-order valence-corrected chi connectivity index (χ0v) is 19.6. The Labute approximate surface area is 189 Å². The van der Waals surface area contributed by atoms with Crippen LogP contribution >= 0.6 is 0 Å². The summed E-state index contributed by atoms with van der Waals surface area (Å²) < 4.78 is 33.7. The van der Waals surface area contributed by atoms with Gasteiger partial charge in [-0.3, -0.25) is 4.79 Å². The molecule has 1 N–H and O–H groups in total. The van der Waals surface area contributed by atoms with Gasteiger partial charge in [-0.05, 0) is 60.9 Å². The maximum atomic E-state index is 13.5. The first-order chi connectivity index (χ1) is 15.2. The Morgan fingerprint density at radius 3 is 2.22 bits per heavy atom. The van der Waals surface area contributed by atoms with Gasteiger partial charge in [0.15, 0.2) is 0 Å². The molecule has 0 aromatic heterocycles. The van der Waals surface area contributed by atoms with Gasteiger partial charge >= 0.3 is 0 Å². The molecule has 3 aromatic rings. The molecule has 0 fully saturated rings. The summed E-state index contributed by atoms with van der Waals surface area (Å²) in [6.07, 6.45) is 0. The van der Waals surface area contributed by atoms with Crippen molar-refractivity contribution in [3.63, 3.8) is 0 Å². The van der Waals surface area contributed by atoms with Crippen molar-refractivity contribution in [1.82, 2.24) is 4.31 Å². The molecule has 3 rings (SSSR count). The highest BCUT2D eigenvalue weighted by molar-refractivity contribution is 7.89. The summed E-state index contributed by atoms with van der Waals surface area (Å²) in [6.45, 7) is 6.18. The molecule has 0 unspecified atom stereocenters. The molecule has 7 heteroatoms. The monoisotopic (exact) mass is 452 g/mol. The fraction of sp³-hybridized carbons (Fsp3) is 0.240. The number of hydrogen-bond donors (Lipinski definition) is 1. The molecule has 0 saturated carbocycles. The first-order valence-electron chi connectivity index (χ1n) is 10.4. The van der Waals surface area contributed by atoms with Crippen molar-refractivity contribution < 1.29 is 17.9 Å². The van der Waals surface area contributed by atoms with Gasteiger partial charge in [0.05, 0.1) is 7.11 Å². The molecule has 1 amide bonds. The van der Waals surface area contributed by atoms with Crippen LogP contribution in [0.5, 0.6) is 5.75 Å². The van der Waals surface area contributed by atoms with Crippen LogP contribution in [0, 0.1) is 13.8 Å². The number of sulfonamides is 1. The molecule has 6 nitrogen and oxygen atoms in total. The minimum absolute atomic E-state index is 0.0362. The van der Waals surface area contributed by atoms with Gasteiger partial charge in [-0.15, -0.1) is 0 Å². The Hall–Kier alpha value is -3.16. The van der Waals surface area contributed by atoms with E-state index in [9.17, 15) is 13.2 Å². The van der Waals surface area contributed by atoms with Gasteiger partial charge in [-0.2, -0.15) is 4.31 Å². The van der Waals surface area contributed by atoms with Crippen molar-refractivity contribution in [3.05, 3.63) is 89.0 Å². The van der Waals surface area contributed by atoms with Gasteiger partial charge in [0.2, 0.25) is 10.0 Å². The Morgan fingerprint density at radius 2 is 1.62 bits per heavy atom. The largest absolute Gasteiger partial charge is 0.495 e. The van der Waals surface area contributed by atoms with Crippen molar-refractivity contribution in [2.75, 3.05) is 19.0 Å². The zero-order valence-electron chi connectivity index (χ0n) is 18.8. The zero-order chi connectivity index (χ0) is 23.3. The summed E-state index contributed by atoms with van der Waals surface area (Å²) in [7, 11) is -2.49. The van der Waals surface area contributed by atoms with Crippen molar-refractivity contribution in [2.24, 2.45) is 0 Å². The Kier molecular flexibility index (Phi) is 7.33. The number of anilines is 1. The average molecular weight is 453 g/mol. The second-order valence-corrected chi connectivity index (χ2v) is 9.52. The van der Waals surface area contributed by atoms with Crippen LogP contribution in [-0.4, -0.2) is 32.3 Å². The van der Waals surface area contributed by atoms with Crippen LogP contribution in [0.4, 0.5) is 5.69 Å². The number of nitrogens with one attached hydrogen (secondary N) is 1. The van der Waals surface area contributed by atoms with Gasteiger partial charge < -0.3 is 10.1 Å². The van der Waals surface area contributed by atoms with Crippen LogP contribution in [0.3, 0.4) is 0 Å². The van der Waals surface area contributed by atoms with Gasteiger partial charge in [-0.1, -0.05) is 43.3 Å². The molecule has 0 spiro atoms. The second kappa shape index (κ2) is 9.97. The van der Waals surface area contributed by atoms with E-state index in [-0.39, 0.29) is 35.2 Å². The van der Waals surface area contributed by atoms with E-state index in [0.717, 1.165) is 16.7 Å². The van der Waals surface area contributed by atoms with Crippen molar-refractivity contribution in [2.45, 2.75) is 32.2 Å². The van der Waals surface area contributed by atoms with Crippen LogP contribution in [-0.2, 0) is 16.6 Å². The molecule has 0 aliphatic carbocycles. The third-order valence-electron chi connectivity index (χ3n) is 5.08. The van der Waals surface area contributed by atoms with E-state index >= 15 is 0 Å². The van der Waals surface area contributed by atoms with E-state index in [1.807, 2.05) is 62.4 Å². The molecule has 168 valence electrons. The number of carbonyl (C=O) groups is 1. The van der Waals surface area contributed by atoms with E-state index < -0.39 is 10.0 Å². The molecule has 32 heavy (non-hydrogen) atoms. The van der Waals surface area contributed by atoms with Crippen molar-refractivity contribution in [3.8, 4) is 5.75 Å².